The van der Waals surface area contributed by atoms with Crippen molar-refractivity contribution in [3.63, 3.8) is 0 Å². The number of hydrogen-bond donors (Lipinski definition) is 1. The van der Waals surface area contributed by atoms with Gasteiger partial charge in [-0.15, -0.1) is 0 Å². The van der Waals surface area contributed by atoms with Crippen LogP contribution in [-0.2, 0) is 0 Å². The largest absolute Gasteiger partial charge is 0.398 e. The lowest BCUT2D eigenvalue weighted by Crippen LogP contribution is -2.12. The third kappa shape index (κ3) is 3.25. The molecular formula is C11H12F3NO. The molecule has 0 amide bonds. The average Bonchev–Trinajstić information content (AvgIpc) is 2.17. The van der Waals surface area contributed by atoms with Crippen molar-refractivity contribution in [1.29, 1.82) is 0 Å². The molecule has 0 spiro atoms. The zero-order valence-electron chi connectivity index (χ0n) is 8.77. The quantitative estimate of drug-likeness (QED) is 0.641. The average molecular weight is 231 g/mol. The molecule has 0 heterocycles. The number of nitrogens with two attached hydrogens (primary N) is 1. The fourth-order valence-electron chi connectivity index (χ4n) is 1.35. The van der Waals surface area contributed by atoms with E-state index in [0.717, 1.165) is 0 Å². The Morgan fingerprint density at radius 2 is 2.00 bits per heavy atom. The number of Topliss-reactive ketones (excluding diaryl/α,β-unsaturated/α-hetero) is 1. The summed E-state index contributed by atoms with van der Waals surface area (Å²) in [5, 5.41) is 0. The lowest BCUT2D eigenvalue weighted by Gasteiger charge is -2.08. The molecule has 2 nitrogen and oxygen atoms in total. The molecular weight excluding hydrogens is 219 g/mol. The summed E-state index contributed by atoms with van der Waals surface area (Å²) in [6.07, 6.45) is -5.93. The maximum Gasteiger partial charge on any atom is 0.389 e. The standard InChI is InChI=1S/C11H12F3NO/c1-7-8(3-2-4-9(7)15)10(16)5-6-11(12,13)14/h2-4H,5-6,15H2,1H3. The van der Waals surface area contributed by atoms with Crippen LogP contribution in [-0.4, -0.2) is 12.0 Å². The van der Waals surface area contributed by atoms with Gasteiger partial charge in [0.1, 0.15) is 0 Å². The molecule has 0 saturated carbocycles. The van der Waals surface area contributed by atoms with Crippen LogP contribution in [0.2, 0.25) is 0 Å². The van der Waals surface area contributed by atoms with E-state index in [1.54, 1.807) is 19.1 Å². The van der Waals surface area contributed by atoms with Crippen LogP contribution in [0.15, 0.2) is 18.2 Å². The van der Waals surface area contributed by atoms with Crippen molar-refractivity contribution >= 4 is 11.5 Å². The molecule has 2 N–H and O–H groups in total. The van der Waals surface area contributed by atoms with E-state index in [0.29, 0.717) is 11.3 Å². The van der Waals surface area contributed by atoms with Crippen molar-refractivity contribution in [1.82, 2.24) is 0 Å². The molecule has 0 aliphatic rings. The van der Waals surface area contributed by atoms with Gasteiger partial charge in [0.15, 0.2) is 5.78 Å². The minimum atomic E-state index is -4.30. The molecule has 16 heavy (non-hydrogen) atoms. The van der Waals surface area contributed by atoms with Crippen molar-refractivity contribution in [3.8, 4) is 0 Å². The lowest BCUT2D eigenvalue weighted by molar-refractivity contribution is -0.133. The molecule has 1 aromatic rings. The van der Waals surface area contributed by atoms with Crippen LogP contribution in [0.5, 0.6) is 0 Å². The number of hydrogen-bond acceptors (Lipinski definition) is 2. The predicted octanol–water partition coefficient (Wildman–Crippen LogP) is 3.10. The zero-order valence-corrected chi connectivity index (χ0v) is 8.77. The van der Waals surface area contributed by atoms with E-state index >= 15 is 0 Å². The Hall–Kier alpha value is -1.52. The third-order valence-electron chi connectivity index (χ3n) is 2.31. The SMILES string of the molecule is Cc1c(N)cccc1C(=O)CCC(F)(F)F. The molecule has 1 rings (SSSR count). The molecule has 0 saturated heterocycles. The van der Waals surface area contributed by atoms with Crippen LogP contribution < -0.4 is 5.73 Å². The first kappa shape index (κ1) is 12.5. The van der Waals surface area contributed by atoms with Gasteiger partial charge < -0.3 is 5.73 Å². The van der Waals surface area contributed by atoms with Gasteiger partial charge in [0.05, 0.1) is 6.42 Å². The van der Waals surface area contributed by atoms with Crippen LogP contribution in [0.1, 0.15) is 28.8 Å². The van der Waals surface area contributed by atoms with Gasteiger partial charge in [0, 0.05) is 17.7 Å². The van der Waals surface area contributed by atoms with Gasteiger partial charge in [-0.2, -0.15) is 13.2 Å². The van der Waals surface area contributed by atoms with Gasteiger partial charge >= 0.3 is 6.18 Å². The summed E-state index contributed by atoms with van der Waals surface area (Å²) in [6.45, 7) is 1.62. The molecule has 0 aliphatic carbocycles. The lowest BCUT2D eigenvalue weighted by atomic mass is 10.0. The summed E-state index contributed by atoms with van der Waals surface area (Å²) in [6, 6.07) is 4.66. The summed E-state index contributed by atoms with van der Waals surface area (Å²) in [5.41, 5.74) is 6.79. The Morgan fingerprint density at radius 3 is 2.56 bits per heavy atom. The van der Waals surface area contributed by atoms with Gasteiger partial charge in [-0.3, -0.25) is 4.79 Å². The van der Waals surface area contributed by atoms with E-state index in [1.165, 1.54) is 6.07 Å². The fraction of sp³-hybridized carbons (Fsp3) is 0.364. The molecule has 5 heteroatoms. The second-order valence-electron chi connectivity index (χ2n) is 3.56. The first-order chi connectivity index (χ1) is 7.31. The highest BCUT2D eigenvalue weighted by Crippen LogP contribution is 2.24. The topological polar surface area (TPSA) is 43.1 Å². The van der Waals surface area contributed by atoms with E-state index in [2.05, 4.69) is 0 Å². The molecule has 0 atom stereocenters. The number of benzene rings is 1. The monoisotopic (exact) mass is 231 g/mol. The highest BCUT2D eigenvalue weighted by atomic mass is 19.4. The number of carbonyl (C=O) groups excluding carboxylic acids is 1. The van der Waals surface area contributed by atoms with Gasteiger partial charge in [0.25, 0.3) is 0 Å². The Kier molecular flexibility index (Phi) is 3.57. The van der Waals surface area contributed by atoms with Crippen LogP contribution >= 0.6 is 0 Å². The molecule has 0 unspecified atom stereocenters. The van der Waals surface area contributed by atoms with E-state index in [4.69, 9.17) is 5.73 Å². The van der Waals surface area contributed by atoms with Crippen LogP contribution in [0.3, 0.4) is 0 Å². The van der Waals surface area contributed by atoms with Gasteiger partial charge in [-0.25, -0.2) is 0 Å². The molecule has 0 fully saturated rings. The summed E-state index contributed by atoms with van der Waals surface area (Å²) in [5.74, 6) is -0.526. The predicted molar refractivity (Wildman–Crippen MR) is 55.2 cm³/mol. The number of ketones is 1. The summed E-state index contributed by atoms with van der Waals surface area (Å²) in [4.78, 5) is 11.5. The normalized spacial score (nSPS) is 11.5. The van der Waals surface area contributed by atoms with Gasteiger partial charge in [0.2, 0.25) is 0 Å². The van der Waals surface area contributed by atoms with Crippen molar-refractivity contribution in [2.24, 2.45) is 0 Å². The number of carbonyl (C=O) groups is 1. The third-order valence-corrected chi connectivity index (χ3v) is 2.31. The van der Waals surface area contributed by atoms with E-state index in [-0.39, 0.29) is 5.56 Å². The second-order valence-corrected chi connectivity index (χ2v) is 3.56. The van der Waals surface area contributed by atoms with E-state index < -0.39 is 24.8 Å². The number of alkyl halides is 3. The highest BCUT2D eigenvalue weighted by molar-refractivity contribution is 5.98. The summed E-state index contributed by atoms with van der Waals surface area (Å²) < 4.78 is 35.8. The van der Waals surface area contributed by atoms with Gasteiger partial charge in [-0.05, 0) is 18.6 Å². The molecule has 0 aromatic heterocycles. The van der Waals surface area contributed by atoms with Crippen LogP contribution in [0, 0.1) is 6.92 Å². The Labute approximate surface area is 91.3 Å². The number of anilines is 1. The Balaban J connectivity index is 2.78. The molecule has 1 aromatic carbocycles. The fourth-order valence-corrected chi connectivity index (χ4v) is 1.35. The first-order valence-electron chi connectivity index (χ1n) is 4.76. The maximum absolute atomic E-state index is 11.9. The van der Waals surface area contributed by atoms with E-state index in [1.807, 2.05) is 0 Å². The summed E-state index contributed by atoms with van der Waals surface area (Å²) >= 11 is 0. The molecule has 0 aliphatic heterocycles. The minimum Gasteiger partial charge on any atom is -0.398 e. The smallest absolute Gasteiger partial charge is 0.389 e. The van der Waals surface area contributed by atoms with Crippen LogP contribution in [0.4, 0.5) is 18.9 Å². The van der Waals surface area contributed by atoms with Crippen molar-refractivity contribution < 1.29 is 18.0 Å². The zero-order chi connectivity index (χ0) is 12.3. The van der Waals surface area contributed by atoms with E-state index in [9.17, 15) is 18.0 Å². The number of halogens is 3. The van der Waals surface area contributed by atoms with Gasteiger partial charge in [-0.1, -0.05) is 12.1 Å². The van der Waals surface area contributed by atoms with Crippen molar-refractivity contribution in [3.05, 3.63) is 29.3 Å². The maximum atomic E-state index is 11.9. The Morgan fingerprint density at radius 1 is 1.38 bits per heavy atom. The van der Waals surface area contributed by atoms with Crippen LogP contribution in [0.25, 0.3) is 0 Å². The minimum absolute atomic E-state index is 0.268. The number of nitrogen functional groups attached to an aromatic ring is 1. The first-order valence-corrected chi connectivity index (χ1v) is 4.76. The number of rotatable bonds is 3. The Bertz CT molecular complexity index is 399. The molecule has 0 radical (unpaired) electrons. The molecule has 0 bridgehead atoms. The summed E-state index contributed by atoms with van der Waals surface area (Å²) in [7, 11) is 0. The van der Waals surface area contributed by atoms with Crippen molar-refractivity contribution in [2.45, 2.75) is 25.9 Å². The molecule has 88 valence electrons. The highest BCUT2D eigenvalue weighted by Gasteiger charge is 2.28. The second kappa shape index (κ2) is 4.55. The van der Waals surface area contributed by atoms with Crippen molar-refractivity contribution in [2.75, 3.05) is 5.73 Å².